The van der Waals surface area contributed by atoms with E-state index >= 15 is 0 Å². The molecule has 1 heteroatoms. The third-order valence-corrected chi connectivity index (χ3v) is 2.62. The zero-order valence-electron chi connectivity index (χ0n) is 7.17. The number of aliphatic hydroxyl groups is 1. The van der Waals surface area contributed by atoms with Crippen LogP contribution in [0.4, 0.5) is 0 Å². The van der Waals surface area contributed by atoms with Crippen molar-refractivity contribution in [2.45, 2.75) is 18.9 Å². The molecule has 0 saturated heterocycles. The highest BCUT2D eigenvalue weighted by atomic mass is 16.3. The quantitative estimate of drug-likeness (QED) is 0.623. The molecular formula is C11H12O. The highest BCUT2D eigenvalue weighted by molar-refractivity contribution is 5.47. The summed E-state index contributed by atoms with van der Waals surface area (Å²) in [6.45, 7) is 5.67. The van der Waals surface area contributed by atoms with E-state index in [2.05, 4.69) is 6.58 Å². The molecule has 0 radical (unpaired) electrons. The van der Waals surface area contributed by atoms with Gasteiger partial charge in [-0.2, -0.15) is 0 Å². The van der Waals surface area contributed by atoms with E-state index in [0.29, 0.717) is 0 Å². The van der Waals surface area contributed by atoms with Crippen molar-refractivity contribution in [3.05, 3.63) is 47.5 Å². The minimum atomic E-state index is -0.739. The second-order valence-electron chi connectivity index (χ2n) is 3.47. The Morgan fingerprint density at radius 3 is 2.75 bits per heavy atom. The van der Waals surface area contributed by atoms with E-state index in [9.17, 15) is 5.11 Å². The molecule has 1 atom stereocenters. The summed E-state index contributed by atoms with van der Waals surface area (Å²) in [7, 11) is 0. The highest BCUT2D eigenvalue weighted by Crippen LogP contribution is 2.43. The molecule has 62 valence electrons. The Labute approximate surface area is 72.4 Å². The van der Waals surface area contributed by atoms with E-state index < -0.39 is 5.60 Å². The van der Waals surface area contributed by atoms with Crippen LogP contribution in [0.2, 0.25) is 0 Å². The van der Waals surface area contributed by atoms with Gasteiger partial charge in [0.15, 0.2) is 0 Å². The molecule has 0 aliphatic heterocycles. The summed E-state index contributed by atoms with van der Waals surface area (Å²) in [5.74, 6) is 0. The second-order valence-corrected chi connectivity index (χ2v) is 3.47. The molecule has 0 saturated carbocycles. The summed E-state index contributed by atoms with van der Waals surface area (Å²) < 4.78 is 0. The number of hydrogen-bond donors (Lipinski definition) is 1. The van der Waals surface area contributed by atoms with Gasteiger partial charge in [0.05, 0.1) is 0 Å². The van der Waals surface area contributed by atoms with Crippen LogP contribution in [0.25, 0.3) is 0 Å². The first-order valence-electron chi connectivity index (χ1n) is 4.11. The summed E-state index contributed by atoms with van der Waals surface area (Å²) in [5, 5.41) is 10.0. The van der Waals surface area contributed by atoms with Crippen LogP contribution in [0.15, 0.2) is 36.4 Å². The maximum Gasteiger partial charge on any atom is 0.114 e. The average Bonchev–Trinajstić information content (AvgIpc) is 2.02. The van der Waals surface area contributed by atoms with Crippen LogP contribution in [0.3, 0.4) is 0 Å². The largest absolute Gasteiger partial charge is 0.380 e. The molecule has 1 nitrogen and oxygen atoms in total. The van der Waals surface area contributed by atoms with Gasteiger partial charge in [-0.25, -0.2) is 0 Å². The molecule has 1 aromatic rings. The van der Waals surface area contributed by atoms with Crippen molar-refractivity contribution in [1.29, 1.82) is 0 Å². The van der Waals surface area contributed by atoms with Crippen LogP contribution in [-0.4, -0.2) is 5.11 Å². The predicted molar refractivity (Wildman–Crippen MR) is 48.9 cm³/mol. The van der Waals surface area contributed by atoms with Crippen molar-refractivity contribution in [1.82, 2.24) is 0 Å². The number of hydrogen-bond acceptors (Lipinski definition) is 1. The molecular weight excluding hydrogens is 148 g/mol. The first-order chi connectivity index (χ1) is 5.64. The van der Waals surface area contributed by atoms with Crippen molar-refractivity contribution in [3.8, 4) is 0 Å². The zero-order chi connectivity index (χ0) is 8.77. The van der Waals surface area contributed by atoms with E-state index in [0.717, 1.165) is 17.6 Å². The third-order valence-electron chi connectivity index (χ3n) is 2.62. The Hall–Kier alpha value is -1.08. The third kappa shape index (κ3) is 0.772. The first kappa shape index (κ1) is 7.56. The SMILES string of the molecule is C=C(C)[C@@]1(O)Cc2ccccc21. The Bertz CT molecular complexity index is 341. The number of rotatable bonds is 1. The lowest BCUT2D eigenvalue weighted by molar-refractivity contribution is 0.0523. The minimum absolute atomic E-state index is 0.721. The van der Waals surface area contributed by atoms with Crippen LogP contribution in [0.1, 0.15) is 18.1 Å². The van der Waals surface area contributed by atoms with Crippen molar-refractivity contribution in [2.24, 2.45) is 0 Å². The lowest BCUT2D eigenvalue weighted by Gasteiger charge is -2.40. The van der Waals surface area contributed by atoms with Gasteiger partial charge < -0.3 is 5.11 Å². The standard InChI is InChI=1S/C11H12O/c1-8(2)11(12)7-9-5-3-4-6-10(9)11/h3-6,12H,1,7H2,2H3/t11-/m0/s1. The van der Waals surface area contributed by atoms with Gasteiger partial charge in [0.2, 0.25) is 0 Å². The molecule has 0 bridgehead atoms. The molecule has 1 aliphatic rings. The van der Waals surface area contributed by atoms with Gasteiger partial charge in [-0.05, 0) is 23.6 Å². The van der Waals surface area contributed by atoms with Gasteiger partial charge in [-0.15, -0.1) is 0 Å². The van der Waals surface area contributed by atoms with E-state index in [1.165, 1.54) is 5.56 Å². The normalized spacial score (nSPS) is 25.8. The van der Waals surface area contributed by atoms with Crippen LogP contribution in [-0.2, 0) is 12.0 Å². The summed E-state index contributed by atoms with van der Waals surface area (Å²) in [6.07, 6.45) is 0.721. The van der Waals surface area contributed by atoms with E-state index in [1.54, 1.807) is 0 Å². The molecule has 0 amide bonds. The predicted octanol–water partition coefficient (Wildman–Crippen LogP) is 2.01. The molecule has 0 fully saturated rings. The smallest absolute Gasteiger partial charge is 0.114 e. The van der Waals surface area contributed by atoms with E-state index in [4.69, 9.17) is 0 Å². The lowest BCUT2D eigenvalue weighted by Crippen LogP contribution is -2.39. The van der Waals surface area contributed by atoms with Gasteiger partial charge in [0.25, 0.3) is 0 Å². The Morgan fingerprint density at radius 2 is 2.17 bits per heavy atom. The molecule has 0 heterocycles. The topological polar surface area (TPSA) is 20.2 Å². The lowest BCUT2D eigenvalue weighted by atomic mass is 9.70. The Morgan fingerprint density at radius 1 is 1.50 bits per heavy atom. The van der Waals surface area contributed by atoms with Crippen LogP contribution < -0.4 is 0 Å². The molecule has 12 heavy (non-hydrogen) atoms. The van der Waals surface area contributed by atoms with Gasteiger partial charge in [0, 0.05) is 6.42 Å². The fraction of sp³-hybridized carbons (Fsp3) is 0.273. The van der Waals surface area contributed by atoms with Gasteiger partial charge in [-0.3, -0.25) is 0 Å². The fourth-order valence-electron chi connectivity index (χ4n) is 1.72. The minimum Gasteiger partial charge on any atom is -0.380 e. The maximum atomic E-state index is 10.0. The van der Waals surface area contributed by atoms with Gasteiger partial charge in [0.1, 0.15) is 5.60 Å². The molecule has 0 aromatic heterocycles. The zero-order valence-corrected chi connectivity index (χ0v) is 7.17. The summed E-state index contributed by atoms with van der Waals surface area (Å²) in [6, 6.07) is 7.96. The fourth-order valence-corrected chi connectivity index (χ4v) is 1.72. The van der Waals surface area contributed by atoms with Gasteiger partial charge in [-0.1, -0.05) is 30.8 Å². The van der Waals surface area contributed by atoms with Crippen molar-refractivity contribution in [2.75, 3.05) is 0 Å². The maximum absolute atomic E-state index is 10.0. The molecule has 0 unspecified atom stereocenters. The van der Waals surface area contributed by atoms with Crippen molar-refractivity contribution in [3.63, 3.8) is 0 Å². The number of benzene rings is 1. The van der Waals surface area contributed by atoms with Crippen LogP contribution in [0.5, 0.6) is 0 Å². The Balaban J connectivity index is 2.48. The van der Waals surface area contributed by atoms with Crippen LogP contribution >= 0.6 is 0 Å². The van der Waals surface area contributed by atoms with Crippen molar-refractivity contribution >= 4 is 0 Å². The molecule has 2 rings (SSSR count). The van der Waals surface area contributed by atoms with Gasteiger partial charge >= 0.3 is 0 Å². The van der Waals surface area contributed by atoms with Crippen LogP contribution in [0, 0.1) is 0 Å². The van der Waals surface area contributed by atoms with E-state index in [1.807, 2.05) is 31.2 Å². The molecule has 1 aliphatic carbocycles. The van der Waals surface area contributed by atoms with E-state index in [-0.39, 0.29) is 0 Å². The first-order valence-corrected chi connectivity index (χ1v) is 4.11. The molecule has 1 aromatic carbocycles. The molecule has 1 N–H and O–H groups in total. The van der Waals surface area contributed by atoms with Crippen molar-refractivity contribution < 1.29 is 5.11 Å². The monoisotopic (exact) mass is 160 g/mol. The second kappa shape index (κ2) is 2.20. The highest BCUT2D eigenvalue weighted by Gasteiger charge is 2.40. The summed E-state index contributed by atoms with van der Waals surface area (Å²) >= 11 is 0. The average molecular weight is 160 g/mol. The Kier molecular flexibility index (Phi) is 1.39. The number of fused-ring (bicyclic) bond motifs is 1. The summed E-state index contributed by atoms with van der Waals surface area (Å²) in [5.41, 5.74) is 2.36. The molecule has 0 spiro atoms. The summed E-state index contributed by atoms with van der Waals surface area (Å²) in [4.78, 5) is 0.